The lowest BCUT2D eigenvalue weighted by molar-refractivity contribution is 0.0948. The lowest BCUT2D eigenvalue weighted by Gasteiger charge is -2.23. The quantitative estimate of drug-likeness (QED) is 0.612. The average molecular weight is 403 g/mol. The van der Waals surface area contributed by atoms with Gasteiger partial charge in [0, 0.05) is 23.6 Å². The first kappa shape index (κ1) is 20.4. The number of hydrogen-bond acceptors (Lipinski definition) is 4. The standard InChI is InChI=1S/C20H26N6O.ClH/c1-13-4-3-5-17-15(12-23-18(13)17)6-11-22-20(27)19-14(2)26(25-24-19)16-7-9-21-10-8-16;/h3-5,12,16,21,23H,6-11H2,1-2H3,(H,22,27);1H. The second-order valence-electron chi connectivity index (χ2n) is 7.27. The summed E-state index contributed by atoms with van der Waals surface area (Å²) in [4.78, 5) is 15.9. The molecule has 1 saturated heterocycles. The predicted molar refractivity (Wildman–Crippen MR) is 112 cm³/mol. The first-order chi connectivity index (χ1) is 13.1. The van der Waals surface area contributed by atoms with Crippen molar-refractivity contribution in [1.82, 2.24) is 30.6 Å². The van der Waals surface area contributed by atoms with Crippen molar-refractivity contribution >= 4 is 29.2 Å². The highest BCUT2D eigenvalue weighted by molar-refractivity contribution is 5.93. The molecule has 3 heterocycles. The summed E-state index contributed by atoms with van der Waals surface area (Å²) in [5, 5.41) is 15.9. The largest absolute Gasteiger partial charge is 0.361 e. The molecule has 150 valence electrons. The highest BCUT2D eigenvalue weighted by atomic mass is 35.5. The zero-order valence-electron chi connectivity index (χ0n) is 16.3. The number of carbonyl (C=O) groups is 1. The number of aryl methyl sites for hydroxylation is 1. The molecule has 8 heteroatoms. The second-order valence-corrected chi connectivity index (χ2v) is 7.27. The van der Waals surface area contributed by atoms with Gasteiger partial charge in [-0.2, -0.15) is 0 Å². The van der Waals surface area contributed by atoms with E-state index in [1.54, 1.807) is 0 Å². The third-order valence-corrected chi connectivity index (χ3v) is 5.49. The van der Waals surface area contributed by atoms with Crippen LogP contribution in [0.25, 0.3) is 10.9 Å². The molecule has 1 aliphatic rings. The molecule has 3 aromatic rings. The minimum Gasteiger partial charge on any atom is -0.361 e. The van der Waals surface area contributed by atoms with Gasteiger partial charge < -0.3 is 15.6 Å². The molecule has 1 aliphatic heterocycles. The van der Waals surface area contributed by atoms with Crippen molar-refractivity contribution in [2.75, 3.05) is 19.6 Å². The summed E-state index contributed by atoms with van der Waals surface area (Å²) < 4.78 is 1.91. The van der Waals surface area contributed by atoms with Crippen LogP contribution < -0.4 is 10.6 Å². The minimum atomic E-state index is -0.149. The van der Waals surface area contributed by atoms with E-state index in [4.69, 9.17) is 0 Å². The summed E-state index contributed by atoms with van der Waals surface area (Å²) in [5.74, 6) is -0.149. The fourth-order valence-corrected chi connectivity index (χ4v) is 3.91. The number of para-hydroxylation sites is 1. The van der Waals surface area contributed by atoms with Crippen molar-refractivity contribution in [3.63, 3.8) is 0 Å². The molecule has 1 fully saturated rings. The molecule has 1 aromatic carbocycles. The van der Waals surface area contributed by atoms with Crippen molar-refractivity contribution in [3.05, 3.63) is 46.9 Å². The van der Waals surface area contributed by atoms with Crippen LogP contribution in [0.5, 0.6) is 0 Å². The molecule has 0 spiro atoms. The average Bonchev–Trinajstić information content (AvgIpc) is 3.27. The summed E-state index contributed by atoms with van der Waals surface area (Å²) in [7, 11) is 0. The summed E-state index contributed by atoms with van der Waals surface area (Å²) >= 11 is 0. The van der Waals surface area contributed by atoms with E-state index in [0.29, 0.717) is 18.3 Å². The van der Waals surface area contributed by atoms with Crippen LogP contribution in [0.2, 0.25) is 0 Å². The number of rotatable bonds is 5. The van der Waals surface area contributed by atoms with Crippen molar-refractivity contribution in [3.8, 4) is 0 Å². The predicted octanol–water partition coefficient (Wildman–Crippen LogP) is 2.70. The van der Waals surface area contributed by atoms with E-state index < -0.39 is 0 Å². The fourth-order valence-electron chi connectivity index (χ4n) is 3.91. The Labute approximate surface area is 170 Å². The third-order valence-electron chi connectivity index (χ3n) is 5.49. The van der Waals surface area contributed by atoms with Crippen molar-refractivity contribution < 1.29 is 4.79 Å². The number of fused-ring (bicyclic) bond motifs is 1. The van der Waals surface area contributed by atoms with Crippen LogP contribution in [0, 0.1) is 13.8 Å². The number of piperidine rings is 1. The molecule has 0 atom stereocenters. The van der Waals surface area contributed by atoms with Crippen LogP contribution in [0.3, 0.4) is 0 Å². The Kier molecular flexibility index (Phi) is 6.36. The van der Waals surface area contributed by atoms with Crippen LogP contribution in [-0.4, -0.2) is 45.5 Å². The molecule has 3 N–H and O–H groups in total. The van der Waals surface area contributed by atoms with Gasteiger partial charge >= 0.3 is 0 Å². The maximum atomic E-state index is 12.6. The van der Waals surface area contributed by atoms with Crippen LogP contribution >= 0.6 is 12.4 Å². The van der Waals surface area contributed by atoms with E-state index in [1.165, 1.54) is 22.0 Å². The number of nitrogens with one attached hydrogen (secondary N) is 3. The second kappa shape index (κ2) is 8.75. The number of nitrogens with zero attached hydrogens (tertiary/aromatic N) is 3. The number of aromatic nitrogens is 4. The lowest BCUT2D eigenvalue weighted by Crippen LogP contribution is -2.30. The van der Waals surface area contributed by atoms with Crippen LogP contribution in [0.4, 0.5) is 0 Å². The summed E-state index contributed by atoms with van der Waals surface area (Å²) in [6, 6.07) is 6.61. The van der Waals surface area contributed by atoms with Gasteiger partial charge in [-0.05, 0) is 57.3 Å². The van der Waals surface area contributed by atoms with Crippen molar-refractivity contribution in [2.24, 2.45) is 0 Å². The minimum absolute atomic E-state index is 0. The Bertz CT molecular complexity index is 957. The van der Waals surface area contributed by atoms with Gasteiger partial charge in [-0.25, -0.2) is 4.68 Å². The molecule has 4 rings (SSSR count). The van der Waals surface area contributed by atoms with Crippen molar-refractivity contribution in [2.45, 2.75) is 39.2 Å². The highest BCUT2D eigenvalue weighted by Crippen LogP contribution is 2.22. The molecule has 7 nitrogen and oxygen atoms in total. The number of benzene rings is 1. The van der Waals surface area contributed by atoms with E-state index in [9.17, 15) is 4.79 Å². The molecule has 0 saturated carbocycles. The van der Waals surface area contributed by atoms with Gasteiger partial charge in [0.2, 0.25) is 0 Å². The van der Waals surface area contributed by atoms with Crippen LogP contribution in [-0.2, 0) is 6.42 Å². The zero-order valence-corrected chi connectivity index (χ0v) is 17.1. The Hall–Kier alpha value is -2.38. The number of carbonyl (C=O) groups excluding carboxylic acids is 1. The molecular weight excluding hydrogens is 376 g/mol. The van der Waals surface area contributed by atoms with E-state index >= 15 is 0 Å². The van der Waals surface area contributed by atoms with Gasteiger partial charge in [-0.3, -0.25) is 4.79 Å². The summed E-state index contributed by atoms with van der Waals surface area (Å²) in [6.07, 6.45) is 4.84. The Morgan fingerprint density at radius 2 is 2.07 bits per heavy atom. The fraction of sp³-hybridized carbons (Fsp3) is 0.450. The van der Waals surface area contributed by atoms with E-state index in [1.807, 2.05) is 17.8 Å². The SMILES string of the molecule is Cc1cccc2c(CCNC(=O)c3nnn(C4CCNCC4)c3C)c[nH]c12.Cl. The van der Waals surface area contributed by atoms with Crippen LogP contribution in [0.15, 0.2) is 24.4 Å². The smallest absolute Gasteiger partial charge is 0.273 e. The van der Waals surface area contributed by atoms with E-state index in [2.05, 4.69) is 51.1 Å². The highest BCUT2D eigenvalue weighted by Gasteiger charge is 2.22. The molecular formula is C20H27ClN6O. The molecule has 0 unspecified atom stereocenters. The zero-order chi connectivity index (χ0) is 18.8. The first-order valence-electron chi connectivity index (χ1n) is 9.61. The van der Waals surface area contributed by atoms with Gasteiger partial charge in [0.1, 0.15) is 0 Å². The maximum absolute atomic E-state index is 12.6. The van der Waals surface area contributed by atoms with Crippen LogP contribution in [0.1, 0.15) is 46.2 Å². The molecule has 28 heavy (non-hydrogen) atoms. The van der Waals surface area contributed by atoms with Gasteiger partial charge in [0.15, 0.2) is 5.69 Å². The number of H-pyrrole nitrogens is 1. The maximum Gasteiger partial charge on any atom is 0.273 e. The third kappa shape index (κ3) is 3.91. The molecule has 1 amide bonds. The Morgan fingerprint density at radius 1 is 1.29 bits per heavy atom. The monoisotopic (exact) mass is 402 g/mol. The number of aromatic amines is 1. The van der Waals surface area contributed by atoms with E-state index in [0.717, 1.165) is 38.0 Å². The van der Waals surface area contributed by atoms with Crippen molar-refractivity contribution in [1.29, 1.82) is 0 Å². The number of halogens is 1. The van der Waals surface area contributed by atoms with Gasteiger partial charge in [-0.1, -0.05) is 23.4 Å². The Morgan fingerprint density at radius 3 is 2.86 bits per heavy atom. The topological polar surface area (TPSA) is 87.6 Å². The molecule has 2 aromatic heterocycles. The summed E-state index contributed by atoms with van der Waals surface area (Å²) in [5.41, 5.74) is 4.89. The van der Waals surface area contributed by atoms with Gasteiger partial charge in [0.05, 0.1) is 11.7 Å². The normalized spacial score (nSPS) is 14.8. The lowest BCUT2D eigenvalue weighted by atomic mass is 10.1. The Balaban J connectivity index is 0.00000225. The van der Waals surface area contributed by atoms with E-state index in [-0.39, 0.29) is 18.3 Å². The van der Waals surface area contributed by atoms with Gasteiger partial charge in [-0.15, -0.1) is 17.5 Å². The first-order valence-corrected chi connectivity index (χ1v) is 9.61. The molecule has 0 radical (unpaired) electrons. The summed E-state index contributed by atoms with van der Waals surface area (Å²) in [6.45, 7) is 6.56. The number of hydrogen-bond donors (Lipinski definition) is 3. The number of amides is 1. The van der Waals surface area contributed by atoms with Gasteiger partial charge in [0.25, 0.3) is 5.91 Å². The molecule has 0 bridgehead atoms. The molecule has 0 aliphatic carbocycles.